The van der Waals surface area contributed by atoms with E-state index in [9.17, 15) is 9.59 Å². The Morgan fingerprint density at radius 2 is 0.506 bits per heavy atom. The minimum atomic E-state index is 0.302. The Balaban J connectivity index is 0.926. The van der Waals surface area contributed by atoms with Crippen LogP contribution < -0.4 is 0 Å². The van der Waals surface area contributed by atoms with Crippen LogP contribution in [0.3, 0.4) is 0 Å². The zero-order valence-corrected chi connectivity index (χ0v) is 53.3. The SMILES string of the molecule is CCCCCCCCCCCCCCn1c2ccc(C#Cc3ccc4c(c3)c3cc(C#Cc5ccc6c(c5)c5cc(C=O)ccc5n6CCCCCCCCCCCCCC)ccc3n4CCCCCCCCCCCO)cc2c2cc(C=O)ccc21. The standard InChI is InChI=1S/C81H101N3O3/c1-3-5-7-9-11-13-15-17-20-24-28-33-53-83-78-48-42-66(58-72(78)74-60-68(62-86)44-50-80(74)83)38-36-64-40-46-76-70(56-64)71-57-65(41-47-77(71)82(76)52-32-30-26-22-19-23-27-31-35-55-85)37-39-67-43-49-79-73(59-67)75-61-69(63-87)45-51-81(75)84(79)54-34-29-25-21-18-16-14-12-10-8-6-4-2/h40-51,56-63,85H,3-35,52-55H2,1-2H3. The monoisotopic (exact) mass is 1160 g/mol. The van der Waals surface area contributed by atoms with E-state index in [1.165, 1.54) is 224 Å². The maximum Gasteiger partial charge on any atom is 0.150 e. The van der Waals surface area contributed by atoms with E-state index in [0.717, 1.165) is 108 Å². The first-order valence-corrected chi connectivity index (χ1v) is 34.7. The predicted molar refractivity (Wildman–Crippen MR) is 372 cm³/mol. The Labute approximate surface area is 521 Å². The third-order valence-electron chi connectivity index (χ3n) is 18.6. The molecule has 0 aliphatic rings. The van der Waals surface area contributed by atoms with Crippen molar-refractivity contribution in [2.45, 2.75) is 245 Å². The van der Waals surface area contributed by atoms with E-state index in [0.29, 0.717) is 17.7 Å². The Morgan fingerprint density at radius 3 is 0.747 bits per heavy atom. The van der Waals surface area contributed by atoms with Gasteiger partial charge in [-0.1, -0.05) is 224 Å². The van der Waals surface area contributed by atoms with Gasteiger partial charge in [0.1, 0.15) is 12.6 Å². The van der Waals surface area contributed by atoms with Gasteiger partial charge in [0.05, 0.1) is 0 Å². The number of unbranched alkanes of at least 4 members (excludes halogenated alkanes) is 30. The van der Waals surface area contributed by atoms with Gasteiger partial charge in [-0.25, -0.2) is 0 Å². The molecule has 0 radical (unpaired) electrons. The van der Waals surface area contributed by atoms with Crippen molar-refractivity contribution in [1.29, 1.82) is 0 Å². The molecule has 458 valence electrons. The molecule has 6 aromatic carbocycles. The number of carbonyl (C=O) groups excluding carboxylic acids is 2. The van der Waals surface area contributed by atoms with Crippen LogP contribution in [-0.4, -0.2) is 38.0 Å². The van der Waals surface area contributed by atoms with Crippen molar-refractivity contribution < 1.29 is 14.7 Å². The molecule has 0 amide bonds. The molecule has 9 aromatic rings. The van der Waals surface area contributed by atoms with Crippen LogP contribution in [0.25, 0.3) is 65.4 Å². The molecule has 0 unspecified atom stereocenters. The number of aldehydes is 2. The first-order valence-electron chi connectivity index (χ1n) is 34.7. The van der Waals surface area contributed by atoms with Gasteiger partial charge in [0.2, 0.25) is 0 Å². The van der Waals surface area contributed by atoms with Crippen molar-refractivity contribution in [2.75, 3.05) is 6.61 Å². The highest BCUT2D eigenvalue weighted by atomic mass is 16.3. The number of aryl methyl sites for hydroxylation is 3. The zero-order valence-electron chi connectivity index (χ0n) is 53.3. The molecule has 1 N–H and O–H groups in total. The number of aromatic nitrogens is 3. The van der Waals surface area contributed by atoms with Crippen LogP contribution in [0.2, 0.25) is 0 Å². The number of rotatable bonds is 39. The molecule has 0 spiro atoms. The van der Waals surface area contributed by atoms with Gasteiger partial charge < -0.3 is 18.8 Å². The number of hydrogen-bond donors (Lipinski definition) is 1. The molecule has 6 nitrogen and oxygen atoms in total. The summed E-state index contributed by atoms with van der Waals surface area (Å²) in [6, 6.07) is 39.0. The lowest BCUT2D eigenvalue weighted by Crippen LogP contribution is -1.98. The summed E-state index contributed by atoms with van der Waals surface area (Å²) in [6.45, 7) is 7.75. The second kappa shape index (κ2) is 35.2. The largest absolute Gasteiger partial charge is 0.396 e. The third-order valence-corrected chi connectivity index (χ3v) is 18.6. The van der Waals surface area contributed by atoms with E-state index in [2.05, 4.69) is 148 Å². The van der Waals surface area contributed by atoms with Crippen molar-refractivity contribution in [3.63, 3.8) is 0 Å². The molecular weight excluding hydrogens is 1060 g/mol. The number of hydrogen-bond acceptors (Lipinski definition) is 3. The zero-order chi connectivity index (χ0) is 60.3. The van der Waals surface area contributed by atoms with E-state index in [1.807, 2.05) is 12.1 Å². The number of benzene rings is 6. The molecule has 0 aliphatic heterocycles. The second-order valence-electron chi connectivity index (χ2n) is 25.4. The van der Waals surface area contributed by atoms with E-state index >= 15 is 0 Å². The molecule has 87 heavy (non-hydrogen) atoms. The molecule has 0 aliphatic carbocycles. The number of aliphatic hydroxyl groups excluding tert-OH is 1. The summed E-state index contributed by atoms with van der Waals surface area (Å²) in [6.07, 6.45) is 44.4. The van der Waals surface area contributed by atoms with Gasteiger partial charge in [-0.15, -0.1) is 0 Å². The maximum absolute atomic E-state index is 12.1. The summed E-state index contributed by atoms with van der Waals surface area (Å²) in [5, 5.41) is 16.1. The Kier molecular flexibility index (Phi) is 26.2. The molecule has 6 heteroatoms. The molecule has 0 fully saturated rings. The lowest BCUT2D eigenvalue weighted by atomic mass is 10.1. The maximum atomic E-state index is 12.1. The van der Waals surface area contributed by atoms with E-state index in [1.54, 1.807) is 0 Å². The summed E-state index contributed by atoms with van der Waals surface area (Å²) in [4.78, 5) is 24.1. The Morgan fingerprint density at radius 1 is 0.287 bits per heavy atom. The van der Waals surface area contributed by atoms with Crippen LogP contribution in [0, 0.1) is 23.7 Å². The van der Waals surface area contributed by atoms with E-state index in [-0.39, 0.29) is 0 Å². The first-order chi connectivity index (χ1) is 43.0. The summed E-state index contributed by atoms with van der Waals surface area (Å²) >= 11 is 0. The molecule has 3 heterocycles. The summed E-state index contributed by atoms with van der Waals surface area (Å²) in [7, 11) is 0. The lowest BCUT2D eigenvalue weighted by Gasteiger charge is -2.08. The van der Waals surface area contributed by atoms with Crippen LogP contribution in [0.15, 0.2) is 109 Å². The second-order valence-corrected chi connectivity index (χ2v) is 25.4. The quantitative estimate of drug-likeness (QED) is 0.0237. The van der Waals surface area contributed by atoms with Crippen LogP contribution in [0.4, 0.5) is 0 Å². The van der Waals surface area contributed by atoms with Crippen LogP contribution in [0.1, 0.15) is 269 Å². The van der Waals surface area contributed by atoms with E-state index in [4.69, 9.17) is 5.11 Å². The van der Waals surface area contributed by atoms with Crippen LogP contribution >= 0.6 is 0 Å². The summed E-state index contributed by atoms with van der Waals surface area (Å²) < 4.78 is 7.43. The number of aliphatic hydroxyl groups is 1. The van der Waals surface area contributed by atoms with Crippen molar-refractivity contribution in [3.05, 3.63) is 143 Å². The highest BCUT2D eigenvalue weighted by Crippen LogP contribution is 2.35. The van der Waals surface area contributed by atoms with Crippen molar-refractivity contribution in [1.82, 2.24) is 13.7 Å². The average molecular weight is 1160 g/mol. The van der Waals surface area contributed by atoms with Gasteiger partial charge in [-0.3, -0.25) is 9.59 Å². The molecule has 9 rings (SSSR count). The highest BCUT2D eigenvalue weighted by molar-refractivity contribution is 6.11. The molecule has 0 saturated carbocycles. The summed E-state index contributed by atoms with van der Waals surface area (Å²) in [5.74, 6) is 14.3. The summed E-state index contributed by atoms with van der Waals surface area (Å²) in [5.41, 5.74) is 12.5. The normalized spacial score (nSPS) is 11.6. The van der Waals surface area contributed by atoms with Crippen LogP contribution in [-0.2, 0) is 19.6 Å². The van der Waals surface area contributed by atoms with Crippen molar-refractivity contribution in [3.8, 4) is 23.7 Å². The fourth-order valence-electron chi connectivity index (χ4n) is 13.7. The van der Waals surface area contributed by atoms with Gasteiger partial charge in [-0.05, 0) is 135 Å². The number of carbonyl (C=O) groups is 2. The fraction of sp³-hybridized carbons (Fsp3) is 0.481. The van der Waals surface area contributed by atoms with Crippen molar-refractivity contribution in [2.24, 2.45) is 0 Å². The van der Waals surface area contributed by atoms with Gasteiger partial charge in [0.15, 0.2) is 0 Å². The highest BCUT2D eigenvalue weighted by Gasteiger charge is 2.16. The van der Waals surface area contributed by atoms with Gasteiger partial charge in [0.25, 0.3) is 0 Å². The number of fused-ring (bicyclic) bond motifs is 9. The molecule has 0 bridgehead atoms. The molecule has 3 aromatic heterocycles. The Bertz CT molecular complexity index is 3530. The lowest BCUT2D eigenvalue weighted by molar-refractivity contribution is 0.111. The smallest absolute Gasteiger partial charge is 0.150 e. The van der Waals surface area contributed by atoms with E-state index < -0.39 is 0 Å². The average Bonchev–Trinajstić information content (AvgIpc) is 3.21. The molecular formula is C81H101N3O3. The third kappa shape index (κ3) is 18.1. The van der Waals surface area contributed by atoms with Crippen molar-refractivity contribution >= 4 is 78.0 Å². The molecule has 0 atom stereocenters. The topological polar surface area (TPSA) is 69.2 Å². The fourth-order valence-corrected chi connectivity index (χ4v) is 13.7. The Hall–Kier alpha value is -6.86. The van der Waals surface area contributed by atoms with Gasteiger partial charge in [-0.2, -0.15) is 0 Å². The van der Waals surface area contributed by atoms with Gasteiger partial charge in [0, 0.05) is 125 Å². The molecule has 0 saturated heterocycles. The minimum Gasteiger partial charge on any atom is -0.396 e. The van der Waals surface area contributed by atoms with Gasteiger partial charge >= 0.3 is 0 Å². The predicted octanol–water partition coefficient (Wildman–Crippen LogP) is 22.3. The van der Waals surface area contributed by atoms with Crippen LogP contribution in [0.5, 0.6) is 0 Å². The number of nitrogens with zero attached hydrogens (tertiary/aromatic N) is 3. The minimum absolute atomic E-state index is 0.302. The first kappa shape index (κ1) is 64.6.